The van der Waals surface area contributed by atoms with Crippen molar-refractivity contribution in [2.24, 2.45) is 11.7 Å². The van der Waals surface area contributed by atoms with Crippen molar-refractivity contribution >= 4 is 23.1 Å². The molecule has 0 saturated carbocycles. The van der Waals surface area contributed by atoms with Gasteiger partial charge in [-0.3, -0.25) is 4.79 Å². The molecule has 0 saturated heterocycles. The van der Waals surface area contributed by atoms with Gasteiger partial charge in [0.25, 0.3) is 0 Å². The predicted octanol–water partition coefficient (Wildman–Crippen LogP) is 1.22. The van der Waals surface area contributed by atoms with E-state index in [2.05, 4.69) is 12.2 Å². The van der Waals surface area contributed by atoms with Crippen LogP contribution in [0.2, 0.25) is 0 Å². The van der Waals surface area contributed by atoms with Crippen LogP contribution in [-0.2, 0) is 4.79 Å². The van der Waals surface area contributed by atoms with Crippen LogP contribution in [0, 0.1) is 5.92 Å². The van der Waals surface area contributed by atoms with Crippen LogP contribution in [0.15, 0.2) is 0 Å². The van der Waals surface area contributed by atoms with Gasteiger partial charge >= 0.3 is 0 Å². The van der Waals surface area contributed by atoms with Gasteiger partial charge in [0.1, 0.15) is 0 Å². The minimum absolute atomic E-state index is 0.00312. The van der Waals surface area contributed by atoms with E-state index < -0.39 is 0 Å². The van der Waals surface area contributed by atoms with Crippen molar-refractivity contribution in [3.63, 3.8) is 0 Å². The average Bonchev–Trinajstić information content (AvgIpc) is 2.04. The summed E-state index contributed by atoms with van der Waals surface area (Å²) < 4.78 is 0. The molecular weight excluding hydrogens is 184 g/mol. The molecule has 13 heavy (non-hydrogen) atoms. The number of hydrogen-bond acceptors (Lipinski definition) is 2. The molecule has 0 aromatic heterocycles. The van der Waals surface area contributed by atoms with Crippen molar-refractivity contribution in [3.05, 3.63) is 0 Å². The average molecular weight is 202 g/mol. The van der Waals surface area contributed by atoms with E-state index in [-0.39, 0.29) is 11.8 Å². The van der Waals surface area contributed by atoms with Gasteiger partial charge in [-0.15, -0.1) is 0 Å². The lowest BCUT2D eigenvalue weighted by Gasteiger charge is -2.09. The standard InChI is InChI=1S/C9H18N2OS/c1-3-4-5-11-8(12)6-7(2)9(10)13/h7H,3-6H2,1-2H3,(H2,10,13)(H,11,12). The first kappa shape index (κ1) is 12.4. The third-order valence-electron chi connectivity index (χ3n) is 1.83. The fourth-order valence-electron chi connectivity index (χ4n) is 0.855. The van der Waals surface area contributed by atoms with Gasteiger partial charge in [0.05, 0.1) is 4.99 Å². The SMILES string of the molecule is CCCCNC(=O)CC(C)C(N)=S. The summed E-state index contributed by atoms with van der Waals surface area (Å²) in [5.74, 6) is 0.0328. The first-order valence-electron chi connectivity index (χ1n) is 4.64. The Labute approximate surface area is 85.1 Å². The van der Waals surface area contributed by atoms with Crippen LogP contribution < -0.4 is 11.1 Å². The van der Waals surface area contributed by atoms with E-state index in [0.717, 1.165) is 19.4 Å². The van der Waals surface area contributed by atoms with E-state index in [1.54, 1.807) is 0 Å². The number of amides is 1. The predicted molar refractivity (Wildman–Crippen MR) is 58.5 cm³/mol. The molecular formula is C9H18N2OS. The molecule has 1 amide bonds. The lowest BCUT2D eigenvalue weighted by molar-refractivity contribution is -0.121. The molecule has 0 aromatic rings. The van der Waals surface area contributed by atoms with E-state index in [9.17, 15) is 4.79 Å². The fraction of sp³-hybridized carbons (Fsp3) is 0.778. The zero-order valence-electron chi connectivity index (χ0n) is 8.30. The smallest absolute Gasteiger partial charge is 0.220 e. The minimum Gasteiger partial charge on any atom is -0.393 e. The molecule has 0 heterocycles. The van der Waals surface area contributed by atoms with Crippen LogP contribution in [0.3, 0.4) is 0 Å². The highest BCUT2D eigenvalue weighted by Gasteiger charge is 2.10. The Bertz CT molecular complexity index is 182. The molecule has 0 aromatic carbocycles. The second kappa shape index (κ2) is 6.83. The number of carbonyl (C=O) groups is 1. The second-order valence-corrected chi connectivity index (χ2v) is 3.68. The largest absolute Gasteiger partial charge is 0.393 e. The van der Waals surface area contributed by atoms with Crippen molar-refractivity contribution in [1.29, 1.82) is 0 Å². The number of hydrogen-bond donors (Lipinski definition) is 2. The quantitative estimate of drug-likeness (QED) is 0.503. The molecule has 3 N–H and O–H groups in total. The Hall–Kier alpha value is -0.640. The van der Waals surface area contributed by atoms with Crippen molar-refractivity contribution in [1.82, 2.24) is 5.32 Å². The van der Waals surface area contributed by atoms with Crippen LogP contribution in [-0.4, -0.2) is 17.4 Å². The number of carbonyl (C=O) groups excluding carboxylic acids is 1. The van der Waals surface area contributed by atoms with Crippen LogP contribution in [0.1, 0.15) is 33.1 Å². The molecule has 0 aliphatic heterocycles. The van der Waals surface area contributed by atoms with Gasteiger partial charge in [-0.25, -0.2) is 0 Å². The Kier molecular flexibility index (Phi) is 6.49. The first-order chi connectivity index (χ1) is 6.07. The van der Waals surface area contributed by atoms with Crippen LogP contribution in [0.4, 0.5) is 0 Å². The van der Waals surface area contributed by atoms with Gasteiger partial charge in [-0.05, 0) is 6.42 Å². The molecule has 0 spiro atoms. The summed E-state index contributed by atoms with van der Waals surface area (Å²) >= 11 is 4.77. The first-order valence-corrected chi connectivity index (χ1v) is 5.04. The molecule has 0 bridgehead atoms. The van der Waals surface area contributed by atoms with Gasteiger partial charge in [0, 0.05) is 18.9 Å². The number of rotatable bonds is 6. The van der Waals surface area contributed by atoms with Crippen molar-refractivity contribution in [2.45, 2.75) is 33.1 Å². The zero-order valence-corrected chi connectivity index (χ0v) is 9.12. The van der Waals surface area contributed by atoms with Gasteiger partial charge in [-0.1, -0.05) is 32.5 Å². The maximum atomic E-state index is 11.2. The number of unbranched alkanes of at least 4 members (excludes halogenated alkanes) is 1. The Morgan fingerprint density at radius 2 is 2.23 bits per heavy atom. The van der Waals surface area contributed by atoms with Crippen molar-refractivity contribution in [3.8, 4) is 0 Å². The summed E-state index contributed by atoms with van der Waals surface area (Å²) in [6, 6.07) is 0. The lowest BCUT2D eigenvalue weighted by Crippen LogP contribution is -2.29. The van der Waals surface area contributed by atoms with Crippen molar-refractivity contribution in [2.75, 3.05) is 6.54 Å². The summed E-state index contributed by atoms with van der Waals surface area (Å²) in [7, 11) is 0. The molecule has 0 aliphatic rings. The number of nitrogens with one attached hydrogen (secondary N) is 1. The van der Waals surface area contributed by atoms with Crippen LogP contribution >= 0.6 is 12.2 Å². The monoisotopic (exact) mass is 202 g/mol. The zero-order chi connectivity index (χ0) is 10.3. The molecule has 1 unspecified atom stereocenters. The van der Waals surface area contributed by atoms with Gasteiger partial charge < -0.3 is 11.1 Å². The maximum Gasteiger partial charge on any atom is 0.220 e. The summed E-state index contributed by atoms with van der Waals surface area (Å²) in [4.78, 5) is 11.6. The Balaban J connectivity index is 3.56. The molecule has 0 radical (unpaired) electrons. The summed E-state index contributed by atoms with van der Waals surface area (Å²) in [5, 5.41) is 2.82. The topological polar surface area (TPSA) is 55.1 Å². The summed E-state index contributed by atoms with van der Waals surface area (Å²) in [5.41, 5.74) is 5.39. The van der Waals surface area contributed by atoms with Crippen LogP contribution in [0.25, 0.3) is 0 Å². The normalized spacial score (nSPS) is 12.2. The third-order valence-corrected chi connectivity index (χ3v) is 2.23. The molecule has 0 fully saturated rings. The molecule has 4 heteroatoms. The highest BCUT2D eigenvalue weighted by Crippen LogP contribution is 2.01. The highest BCUT2D eigenvalue weighted by molar-refractivity contribution is 7.80. The molecule has 1 atom stereocenters. The second-order valence-electron chi connectivity index (χ2n) is 3.21. The van der Waals surface area contributed by atoms with Crippen molar-refractivity contribution < 1.29 is 4.79 Å². The fourth-order valence-corrected chi connectivity index (χ4v) is 0.939. The highest BCUT2D eigenvalue weighted by atomic mass is 32.1. The number of nitrogens with two attached hydrogens (primary N) is 1. The van der Waals surface area contributed by atoms with Gasteiger partial charge in [0.15, 0.2) is 0 Å². The van der Waals surface area contributed by atoms with E-state index >= 15 is 0 Å². The van der Waals surface area contributed by atoms with E-state index in [0.29, 0.717) is 11.4 Å². The Morgan fingerprint density at radius 3 is 2.69 bits per heavy atom. The Morgan fingerprint density at radius 1 is 1.62 bits per heavy atom. The molecule has 0 aliphatic carbocycles. The third kappa shape index (κ3) is 6.51. The maximum absolute atomic E-state index is 11.2. The molecule has 76 valence electrons. The van der Waals surface area contributed by atoms with E-state index in [1.165, 1.54) is 0 Å². The van der Waals surface area contributed by atoms with Crippen LogP contribution in [0.5, 0.6) is 0 Å². The number of thiocarbonyl (C=S) groups is 1. The lowest BCUT2D eigenvalue weighted by atomic mass is 10.1. The molecule has 0 rings (SSSR count). The molecule has 3 nitrogen and oxygen atoms in total. The van der Waals surface area contributed by atoms with Gasteiger partial charge in [-0.2, -0.15) is 0 Å². The van der Waals surface area contributed by atoms with E-state index in [1.807, 2.05) is 6.92 Å². The summed E-state index contributed by atoms with van der Waals surface area (Å²) in [6.45, 7) is 4.70. The van der Waals surface area contributed by atoms with E-state index in [4.69, 9.17) is 18.0 Å². The van der Waals surface area contributed by atoms with Gasteiger partial charge in [0.2, 0.25) is 5.91 Å². The minimum atomic E-state index is -0.00312. The summed E-state index contributed by atoms with van der Waals surface area (Å²) in [6.07, 6.45) is 2.51.